The number of carbonyl (C=O) groups excluding carboxylic acids is 2. The first-order valence-corrected chi connectivity index (χ1v) is 16.2. The molecule has 1 saturated heterocycles. The van der Waals surface area contributed by atoms with E-state index in [1.54, 1.807) is 41.4 Å². The van der Waals surface area contributed by atoms with Gasteiger partial charge in [0.15, 0.2) is 0 Å². The van der Waals surface area contributed by atoms with Crippen LogP contribution in [0.15, 0.2) is 53.0 Å². The van der Waals surface area contributed by atoms with Gasteiger partial charge in [0.2, 0.25) is 15.8 Å². The highest BCUT2D eigenvalue weighted by Crippen LogP contribution is 2.52. The molecule has 4 aromatic rings. The summed E-state index contributed by atoms with van der Waals surface area (Å²) in [5.74, 6) is -1.76. The number of β-lactam (4-membered cyclic amide) rings is 1. The molecule has 0 saturated carbocycles. The second-order valence-corrected chi connectivity index (χ2v) is 13.2. The standard InChI is InChI=1S/C28H28N5O6S3.HI/c1-14-21(20-10-31-13-30(26(40-4)27(31)42-20)9-19-15(2)29-12-41-19)24(32-23(14)22(16(3)34)25(32)35)28(36)39-11-17-5-7-18(8-6-17)33(37)38;/h5-8,10,12-14,16,22-23,34H,9,11H2,1-4H3;1H/q+1;/p-1/t14-,16+,22+,23+;/m0./s1. The van der Waals surface area contributed by atoms with Gasteiger partial charge >= 0.3 is 5.97 Å². The Bertz CT molecular complexity index is 1760. The van der Waals surface area contributed by atoms with Gasteiger partial charge in [-0.15, -0.1) is 11.3 Å². The summed E-state index contributed by atoms with van der Waals surface area (Å²) in [4.78, 5) is 46.2. The molecule has 1 aromatic carbocycles. The third-order valence-electron chi connectivity index (χ3n) is 7.91. The van der Waals surface area contributed by atoms with Crippen LogP contribution in [0.3, 0.4) is 0 Å². The number of esters is 1. The Morgan fingerprint density at radius 3 is 2.65 bits per heavy atom. The number of imidazole rings is 1. The lowest BCUT2D eigenvalue weighted by molar-refractivity contribution is -0.721. The van der Waals surface area contributed by atoms with Crippen LogP contribution in [0.5, 0.6) is 0 Å². The van der Waals surface area contributed by atoms with E-state index in [1.807, 2.05) is 42.5 Å². The highest BCUT2D eigenvalue weighted by molar-refractivity contribution is 7.98. The Hall–Kier alpha value is -2.86. The third kappa shape index (κ3) is 5.38. The van der Waals surface area contributed by atoms with Crippen LogP contribution < -0.4 is 28.5 Å². The van der Waals surface area contributed by atoms with Crippen LogP contribution in [0.1, 0.15) is 34.9 Å². The monoisotopic (exact) mass is 753 g/mol. The molecule has 5 heterocycles. The largest absolute Gasteiger partial charge is 1.00 e. The molecule has 3 aromatic heterocycles. The highest BCUT2D eigenvalue weighted by Gasteiger charge is 2.60. The Balaban J connectivity index is 0.00000368. The van der Waals surface area contributed by atoms with Gasteiger partial charge in [-0.1, -0.05) is 30.0 Å². The topological polar surface area (TPSA) is 131 Å². The number of aliphatic hydroxyl groups is 1. The first-order valence-electron chi connectivity index (χ1n) is 13.2. The van der Waals surface area contributed by atoms with Crippen molar-refractivity contribution in [3.63, 3.8) is 0 Å². The van der Waals surface area contributed by atoms with Gasteiger partial charge in [-0.05, 0) is 37.8 Å². The molecule has 6 rings (SSSR count). The second-order valence-electron chi connectivity index (χ2n) is 10.4. The van der Waals surface area contributed by atoms with Crippen LogP contribution in [-0.2, 0) is 27.5 Å². The molecular weight excluding hydrogens is 725 g/mol. The number of hydrogen-bond donors (Lipinski definition) is 1. The number of carbonyl (C=O) groups is 2. The molecule has 15 heteroatoms. The summed E-state index contributed by atoms with van der Waals surface area (Å²) in [5.41, 5.74) is 4.31. The maximum Gasteiger partial charge on any atom is 0.355 e. The number of fused-ring (bicyclic) bond motifs is 2. The summed E-state index contributed by atoms with van der Waals surface area (Å²) in [7, 11) is 0. The smallest absolute Gasteiger partial charge is 0.355 e. The van der Waals surface area contributed by atoms with E-state index in [9.17, 15) is 24.8 Å². The van der Waals surface area contributed by atoms with E-state index in [2.05, 4.69) is 9.55 Å². The lowest BCUT2D eigenvalue weighted by Crippen LogP contribution is -3.00. The molecular formula is C28H28IN5O6S3. The van der Waals surface area contributed by atoms with E-state index in [0.29, 0.717) is 12.1 Å². The Morgan fingerprint density at radius 1 is 1.33 bits per heavy atom. The summed E-state index contributed by atoms with van der Waals surface area (Å²) in [6.07, 6.45) is 5.19. The summed E-state index contributed by atoms with van der Waals surface area (Å²) < 4.78 is 9.89. The van der Waals surface area contributed by atoms with Gasteiger partial charge in [-0.3, -0.25) is 14.9 Å². The molecule has 0 aliphatic carbocycles. The number of amides is 1. The number of non-ortho nitro benzene ring substituents is 1. The zero-order valence-electron chi connectivity index (χ0n) is 23.6. The molecule has 1 fully saturated rings. The predicted molar refractivity (Wildman–Crippen MR) is 158 cm³/mol. The van der Waals surface area contributed by atoms with Crippen molar-refractivity contribution in [1.82, 2.24) is 14.3 Å². The number of aromatic nitrogens is 3. The van der Waals surface area contributed by atoms with Crippen molar-refractivity contribution < 1.29 is 52.9 Å². The van der Waals surface area contributed by atoms with Crippen LogP contribution in [0.2, 0.25) is 0 Å². The molecule has 2 aliphatic heterocycles. The zero-order valence-corrected chi connectivity index (χ0v) is 28.2. The minimum atomic E-state index is -0.853. The van der Waals surface area contributed by atoms with Crippen molar-refractivity contribution in [2.45, 2.75) is 51.1 Å². The van der Waals surface area contributed by atoms with Gasteiger partial charge in [0.25, 0.3) is 12.0 Å². The van der Waals surface area contributed by atoms with E-state index in [0.717, 1.165) is 26.0 Å². The molecule has 0 spiro atoms. The number of nitro benzene ring substituents is 1. The summed E-state index contributed by atoms with van der Waals surface area (Å²) in [6.45, 7) is 6.18. The van der Waals surface area contributed by atoms with Gasteiger partial charge < -0.3 is 38.7 Å². The fourth-order valence-electron chi connectivity index (χ4n) is 5.82. The van der Waals surface area contributed by atoms with E-state index >= 15 is 0 Å². The fraction of sp³-hybridized carbons (Fsp3) is 0.357. The van der Waals surface area contributed by atoms with Gasteiger partial charge in [0.05, 0.1) is 43.9 Å². The van der Waals surface area contributed by atoms with Crippen LogP contribution >= 0.6 is 34.4 Å². The average molecular weight is 754 g/mol. The molecule has 0 unspecified atom stereocenters. The SMILES string of the molecule is CSc1c2sc(C3=C(C(=O)OCc4ccc([N+](=O)[O-])cc4)N4C(=O)[C@H]([C@@H](C)O)[C@H]4[C@H]3C)cn2c[n+]1Cc1scnc1C.[I-]. The van der Waals surface area contributed by atoms with Crippen LogP contribution in [0, 0.1) is 28.9 Å². The minimum Gasteiger partial charge on any atom is -1.00 e. The van der Waals surface area contributed by atoms with Crippen molar-refractivity contribution >= 4 is 62.4 Å². The summed E-state index contributed by atoms with van der Waals surface area (Å²) in [5, 5.41) is 22.4. The van der Waals surface area contributed by atoms with E-state index in [-0.39, 0.29) is 59.8 Å². The number of halogens is 1. The lowest BCUT2D eigenvalue weighted by Gasteiger charge is -2.46. The third-order valence-corrected chi connectivity index (χ3v) is 10.9. The first-order chi connectivity index (χ1) is 20.1. The Labute approximate surface area is 276 Å². The fourth-order valence-corrected chi connectivity index (χ4v) is 8.78. The number of aryl methyl sites for hydroxylation is 1. The van der Waals surface area contributed by atoms with Crippen LogP contribution in [-0.4, -0.2) is 54.6 Å². The van der Waals surface area contributed by atoms with Crippen LogP contribution in [0.4, 0.5) is 5.69 Å². The molecule has 226 valence electrons. The number of thiazole rings is 2. The zero-order chi connectivity index (χ0) is 29.9. The number of nitro groups is 1. The predicted octanol–water partition coefficient (Wildman–Crippen LogP) is 1.05. The quantitative estimate of drug-likeness (QED) is 0.0511. The molecule has 1 amide bonds. The van der Waals surface area contributed by atoms with Gasteiger partial charge in [-0.2, -0.15) is 4.40 Å². The first kappa shape index (κ1) is 31.6. The summed E-state index contributed by atoms with van der Waals surface area (Å²) >= 11 is 4.81. The van der Waals surface area contributed by atoms with E-state index in [1.165, 1.54) is 34.0 Å². The number of hydrogen-bond acceptors (Lipinski definition) is 10. The van der Waals surface area contributed by atoms with Crippen molar-refractivity contribution in [3.05, 3.63) is 79.1 Å². The molecule has 1 N–H and O–H groups in total. The van der Waals surface area contributed by atoms with Crippen molar-refractivity contribution in [2.24, 2.45) is 11.8 Å². The van der Waals surface area contributed by atoms with Crippen molar-refractivity contribution in [2.75, 3.05) is 6.26 Å². The van der Waals surface area contributed by atoms with Gasteiger partial charge in [-0.25, -0.2) is 14.3 Å². The molecule has 11 nitrogen and oxygen atoms in total. The van der Waals surface area contributed by atoms with E-state index < -0.39 is 22.9 Å². The molecule has 0 bridgehead atoms. The number of rotatable bonds is 9. The maximum absolute atomic E-state index is 13.6. The highest BCUT2D eigenvalue weighted by atomic mass is 127. The number of benzene rings is 1. The normalized spacial score (nSPS) is 20.2. The second kappa shape index (κ2) is 12.3. The number of ether oxygens (including phenoxy) is 1. The Kier molecular flexibility index (Phi) is 9.00. The minimum absolute atomic E-state index is 0. The van der Waals surface area contributed by atoms with Gasteiger partial charge in [0.1, 0.15) is 25.0 Å². The van der Waals surface area contributed by atoms with Crippen molar-refractivity contribution in [1.29, 1.82) is 0 Å². The molecule has 0 radical (unpaired) electrons. The number of nitrogens with zero attached hydrogens (tertiary/aromatic N) is 5. The average Bonchev–Trinajstić information content (AvgIpc) is 3.68. The number of thioether (sulfide) groups is 1. The van der Waals surface area contributed by atoms with Gasteiger partial charge in [0, 0.05) is 23.6 Å². The van der Waals surface area contributed by atoms with Crippen LogP contribution in [0.25, 0.3) is 10.4 Å². The maximum atomic E-state index is 13.6. The molecule has 43 heavy (non-hydrogen) atoms. The lowest BCUT2D eigenvalue weighted by atomic mass is 9.77. The summed E-state index contributed by atoms with van der Waals surface area (Å²) in [6, 6.07) is 5.43. The Morgan fingerprint density at radius 2 is 2.05 bits per heavy atom. The molecule has 4 atom stereocenters. The van der Waals surface area contributed by atoms with E-state index in [4.69, 9.17) is 4.74 Å². The van der Waals surface area contributed by atoms with Crippen molar-refractivity contribution in [3.8, 4) is 0 Å². The number of aliphatic hydroxyl groups excluding tert-OH is 1. The molecule has 2 aliphatic rings.